The molecule has 0 aliphatic carbocycles. The summed E-state index contributed by atoms with van der Waals surface area (Å²) in [5.41, 5.74) is 0.274. The first kappa shape index (κ1) is 21.5. The summed E-state index contributed by atoms with van der Waals surface area (Å²) in [6, 6.07) is 2.55. The van der Waals surface area contributed by atoms with Gasteiger partial charge in [0.25, 0.3) is 0 Å². The van der Waals surface area contributed by atoms with Gasteiger partial charge in [0.05, 0.1) is 25.1 Å². The van der Waals surface area contributed by atoms with Crippen LogP contribution in [0.2, 0.25) is 30.1 Å². The Bertz CT molecular complexity index is 621. The first-order valence-corrected chi connectivity index (χ1v) is 7.69. The minimum absolute atomic E-state index is 0. The molecule has 2 rings (SSSR count). The van der Waals surface area contributed by atoms with Gasteiger partial charge in [0, 0.05) is 17.0 Å². The molecule has 0 atom stereocenters. The number of phenolic OH excluding ortho intramolecular Hbond substituents is 1. The van der Waals surface area contributed by atoms with Crippen molar-refractivity contribution >= 4 is 69.6 Å². The minimum Gasteiger partial charge on any atom is -0.871 e. The maximum Gasteiger partial charge on any atom is 1.00 e. The molecule has 0 unspecified atom stereocenters. The van der Waals surface area contributed by atoms with Crippen molar-refractivity contribution in [3.8, 4) is 11.5 Å². The minimum atomic E-state index is -0.502. The molecule has 112 valence electrons. The first-order chi connectivity index (χ1) is 9.73. The summed E-state index contributed by atoms with van der Waals surface area (Å²) in [6.07, 6.45) is -0.108. The molecule has 0 aliphatic heterocycles. The predicted octanol–water partition coefficient (Wildman–Crippen LogP) is 2.98. The van der Waals surface area contributed by atoms with E-state index < -0.39 is 5.75 Å². The van der Waals surface area contributed by atoms with Crippen molar-refractivity contribution in [2.24, 2.45) is 0 Å². The van der Waals surface area contributed by atoms with E-state index in [0.717, 1.165) is 0 Å². The summed E-state index contributed by atoms with van der Waals surface area (Å²) < 4.78 is 0. The van der Waals surface area contributed by atoms with E-state index in [9.17, 15) is 10.2 Å². The van der Waals surface area contributed by atoms with Gasteiger partial charge in [-0.2, -0.15) is 0 Å². The zero-order valence-electron chi connectivity index (χ0n) is 11.0. The number of aromatic hydroxyl groups is 1. The molecule has 9 heteroatoms. The second-order valence-corrected chi connectivity index (χ2v) is 6.50. The fraction of sp³-hybridized carbons (Fsp3) is 0.0769. The molecule has 22 heavy (non-hydrogen) atoms. The SMILES string of the molecule is [K+].[O-]c1c(Cl)cc(Cl)c(Cl)c1Cc1c(O)c(Cl)cc(Cl)c1Cl. The molecule has 0 saturated carbocycles. The topological polar surface area (TPSA) is 43.3 Å². The van der Waals surface area contributed by atoms with E-state index in [2.05, 4.69) is 0 Å². The smallest absolute Gasteiger partial charge is 0.871 e. The predicted molar refractivity (Wildman–Crippen MR) is 86.9 cm³/mol. The molecule has 0 heterocycles. The molecule has 0 amide bonds. The largest absolute Gasteiger partial charge is 1.00 e. The van der Waals surface area contributed by atoms with Crippen molar-refractivity contribution in [2.75, 3.05) is 0 Å². The van der Waals surface area contributed by atoms with Gasteiger partial charge in [0.1, 0.15) is 5.75 Å². The Morgan fingerprint density at radius 1 is 0.773 bits per heavy atom. The summed E-state index contributed by atoms with van der Waals surface area (Å²) in [5.74, 6) is -0.782. The monoisotopic (exact) mass is 442 g/mol. The second-order valence-electron chi connectivity index (χ2n) is 4.12. The van der Waals surface area contributed by atoms with Gasteiger partial charge in [-0.15, -0.1) is 0 Å². The van der Waals surface area contributed by atoms with Crippen LogP contribution in [0.25, 0.3) is 0 Å². The van der Waals surface area contributed by atoms with E-state index in [0.29, 0.717) is 0 Å². The molecule has 0 spiro atoms. The first-order valence-electron chi connectivity index (χ1n) is 5.42. The maximum atomic E-state index is 12.1. The molecule has 2 aromatic rings. The van der Waals surface area contributed by atoms with Crippen molar-refractivity contribution in [1.29, 1.82) is 0 Å². The Balaban J connectivity index is 0.00000242. The average Bonchev–Trinajstić information content (AvgIpc) is 2.42. The fourth-order valence-electron chi connectivity index (χ4n) is 1.76. The maximum absolute atomic E-state index is 12.1. The van der Waals surface area contributed by atoms with Crippen molar-refractivity contribution < 1.29 is 61.6 Å². The summed E-state index contributed by atoms with van der Waals surface area (Å²) in [5, 5.41) is 22.4. The van der Waals surface area contributed by atoms with Crippen LogP contribution in [0.5, 0.6) is 11.5 Å². The van der Waals surface area contributed by atoms with Crippen molar-refractivity contribution in [2.45, 2.75) is 6.42 Å². The van der Waals surface area contributed by atoms with E-state index in [1.807, 2.05) is 0 Å². The van der Waals surface area contributed by atoms with E-state index in [1.165, 1.54) is 12.1 Å². The van der Waals surface area contributed by atoms with Crippen LogP contribution in [0.4, 0.5) is 0 Å². The van der Waals surface area contributed by atoms with Crippen LogP contribution in [-0.2, 0) is 6.42 Å². The zero-order valence-corrected chi connectivity index (χ0v) is 18.6. The molecular formula is C13H5Cl6KO2. The van der Waals surface area contributed by atoms with E-state index >= 15 is 0 Å². The van der Waals surface area contributed by atoms with Crippen molar-refractivity contribution in [3.63, 3.8) is 0 Å². The molecule has 0 fully saturated rings. The Hall–Kier alpha value is 1.42. The fourth-order valence-corrected chi connectivity index (χ4v) is 3.18. The number of rotatable bonds is 2. The molecule has 0 aromatic heterocycles. The third kappa shape index (κ3) is 4.33. The quantitative estimate of drug-likeness (QED) is 0.571. The van der Waals surface area contributed by atoms with Gasteiger partial charge < -0.3 is 10.2 Å². The Kier molecular flexibility index (Phi) is 8.47. The number of halogens is 6. The van der Waals surface area contributed by atoms with Gasteiger partial charge in [0.15, 0.2) is 0 Å². The summed E-state index contributed by atoms with van der Waals surface area (Å²) in [6.45, 7) is 0. The summed E-state index contributed by atoms with van der Waals surface area (Å²) in [4.78, 5) is 0. The Morgan fingerprint density at radius 2 is 1.23 bits per heavy atom. The molecule has 2 aromatic carbocycles. The van der Waals surface area contributed by atoms with E-state index in [4.69, 9.17) is 69.6 Å². The molecule has 0 bridgehead atoms. The average molecular weight is 445 g/mol. The van der Waals surface area contributed by atoms with Crippen LogP contribution < -0.4 is 56.5 Å². The van der Waals surface area contributed by atoms with Crippen LogP contribution in [0.15, 0.2) is 12.1 Å². The van der Waals surface area contributed by atoms with Crippen LogP contribution in [0.3, 0.4) is 0 Å². The van der Waals surface area contributed by atoms with Gasteiger partial charge in [-0.25, -0.2) is 0 Å². The van der Waals surface area contributed by atoms with Gasteiger partial charge >= 0.3 is 51.4 Å². The number of phenols is 1. The molecule has 1 N–H and O–H groups in total. The number of hydrogen-bond acceptors (Lipinski definition) is 2. The van der Waals surface area contributed by atoms with Crippen LogP contribution in [-0.4, -0.2) is 5.11 Å². The third-order valence-electron chi connectivity index (χ3n) is 2.81. The van der Waals surface area contributed by atoms with Crippen molar-refractivity contribution in [3.05, 3.63) is 53.4 Å². The second kappa shape index (κ2) is 8.68. The van der Waals surface area contributed by atoms with Gasteiger partial charge in [-0.05, 0) is 17.7 Å². The standard InChI is InChI=1S/C13H6Cl6O2.K/c14-6-2-8(16)12(20)4(10(6)18)1-5-11(19)7(15)3-9(17)13(5)21;/h2-3,20-21H,1H2;/q;+1/p-1. The van der Waals surface area contributed by atoms with Gasteiger partial charge in [-0.3, -0.25) is 0 Å². The Morgan fingerprint density at radius 3 is 1.77 bits per heavy atom. The van der Waals surface area contributed by atoms with Gasteiger partial charge in [-0.1, -0.05) is 75.4 Å². The molecule has 0 radical (unpaired) electrons. The normalized spacial score (nSPS) is 10.5. The molecule has 2 nitrogen and oxygen atoms in total. The Labute approximate surface area is 199 Å². The summed E-state index contributed by atoms with van der Waals surface area (Å²) >= 11 is 35.5. The van der Waals surface area contributed by atoms with E-state index in [-0.39, 0.29) is 105 Å². The molecule has 0 aliphatic rings. The van der Waals surface area contributed by atoms with Gasteiger partial charge in [0.2, 0.25) is 0 Å². The number of hydrogen-bond donors (Lipinski definition) is 1. The zero-order chi connectivity index (χ0) is 15.9. The number of benzene rings is 2. The molecular weight excluding hydrogens is 440 g/mol. The molecule has 0 saturated heterocycles. The van der Waals surface area contributed by atoms with Crippen LogP contribution >= 0.6 is 69.6 Å². The summed E-state index contributed by atoms with van der Waals surface area (Å²) in [7, 11) is 0. The van der Waals surface area contributed by atoms with Crippen LogP contribution in [0.1, 0.15) is 11.1 Å². The van der Waals surface area contributed by atoms with E-state index in [1.54, 1.807) is 0 Å². The van der Waals surface area contributed by atoms with Crippen molar-refractivity contribution in [1.82, 2.24) is 0 Å². The third-order valence-corrected chi connectivity index (χ3v) is 5.03. The van der Waals surface area contributed by atoms with Crippen LogP contribution in [0, 0.1) is 0 Å².